The standard InChI is InChI=1S/C23H25NO3/c1-3-4-5-6-15-26-23(25)18(2)17-27-22-13-11-21(12-14-22)20-9-7-19(16-24)8-10-20/h7-14,17H,3-6,15H2,1-2H3. The molecule has 0 heterocycles. The van der Waals surface area contributed by atoms with Crippen LogP contribution in [0.5, 0.6) is 5.75 Å². The maximum atomic E-state index is 11.9. The molecule has 27 heavy (non-hydrogen) atoms. The first-order chi connectivity index (χ1) is 13.1. The van der Waals surface area contributed by atoms with Gasteiger partial charge in [-0.3, -0.25) is 0 Å². The van der Waals surface area contributed by atoms with E-state index >= 15 is 0 Å². The minimum Gasteiger partial charge on any atom is -0.464 e. The quantitative estimate of drug-likeness (QED) is 0.251. The van der Waals surface area contributed by atoms with Crippen LogP contribution < -0.4 is 4.74 Å². The molecule has 0 saturated carbocycles. The van der Waals surface area contributed by atoms with Crippen LogP contribution in [0, 0.1) is 11.3 Å². The topological polar surface area (TPSA) is 59.3 Å². The molecule has 4 heteroatoms. The van der Waals surface area contributed by atoms with Crippen molar-refractivity contribution >= 4 is 5.97 Å². The first kappa shape index (κ1) is 20.3. The van der Waals surface area contributed by atoms with Crippen LogP contribution in [0.2, 0.25) is 0 Å². The van der Waals surface area contributed by atoms with Crippen molar-refractivity contribution in [2.24, 2.45) is 0 Å². The van der Waals surface area contributed by atoms with E-state index < -0.39 is 0 Å². The zero-order valence-corrected chi connectivity index (χ0v) is 15.9. The fraction of sp³-hybridized carbons (Fsp3) is 0.304. The number of benzene rings is 2. The van der Waals surface area contributed by atoms with Crippen molar-refractivity contribution in [3.8, 4) is 22.9 Å². The highest BCUT2D eigenvalue weighted by molar-refractivity contribution is 5.87. The molecule has 0 aliphatic heterocycles. The number of rotatable bonds is 9. The van der Waals surface area contributed by atoms with E-state index in [2.05, 4.69) is 13.0 Å². The summed E-state index contributed by atoms with van der Waals surface area (Å²) in [5.41, 5.74) is 3.12. The molecule has 2 aromatic carbocycles. The molecule has 0 atom stereocenters. The summed E-state index contributed by atoms with van der Waals surface area (Å²) >= 11 is 0. The van der Waals surface area contributed by atoms with Crippen LogP contribution in [0.4, 0.5) is 0 Å². The van der Waals surface area contributed by atoms with E-state index in [9.17, 15) is 4.79 Å². The Hall–Kier alpha value is -3.06. The first-order valence-electron chi connectivity index (χ1n) is 9.25. The number of nitriles is 1. The summed E-state index contributed by atoms with van der Waals surface area (Å²) in [6, 6.07) is 17.1. The largest absolute Gasteiger partial charge is 0.464 e. The summed E-state index contributed by atoms with van der Waals surface area (Å²) < 4.78 is 10.8. The van der Waals surface area contributed by atoms with E-state index in [0.29, 0.717) is 23.5 Å². The van der Waals surface area contributed by atoms with Crippen molar-refractivity contribution in [1.29, 1.82) is 5.26 Å². The SMILES string of the molecule is CCCCCCOC(=O)C(C)=COc1ccc(-c2ccc(C#N)cc2)cc1. The maximum absolute atomic E-state index is 11.9. The lowest BCUT2D eigenvalue weighted by atomic mass is 10.0. The lowest BCUT2D eigenvalue weighted by molar-refractivity contribution is -0.139. The Kier molecular flexibility index (Phi) is 8.12. The van der Waals surface area contributed by atoms with Crippen LogP contribution in [-0.4, -0.2) is 12.6 Å². The minimum absolute atomic E-state index is 0.347. The van der Waals surface area contributed by atoms with Crippen molar-refractivity contribution in [2.75, 3.05) is 6.61 Å². The predicted octanol–water partition coefficient (Wildman–Crippen LogP) is 5.63. The second kappa shape index (κ2) is 10.8. The highest BCUT2D eigenvalue weighted by atomic mass is 16.5. The lowest BCUT2D eigenvalue weighted by Gasteiger charge is -2.06. The third-order valence-electron chi connectivity index (χ3n) is 4.13. The van der Waals surface area contributed by atoms with Gasteiger partial charge in [0.25, 0.3) is 0 Å². The van der Waals surface area contributed by atoms with E-state index in [1.54, 1.807) is 19.1 Å². The molecular formula is C23H25NO3. The van der Waals surface area contributed by atoms with Crippen LogP contribution in [0.1, 0.15) is 45.1 Å². The third kappa shape index (κ3) is 6.63. The number of hydrogen-bond donors (Lipinski definition) is 0. The number of carbonyl (C=O) groups is 1. The Balaban J connectivity index is 1.87. The van der Waals surface area contributed by atoms with E-state index in [4.69, 9.17) is 14.7 Å². The molecule has 2 aromatic rings. The Morgan fingerprint density at radius 1 is 1.00 bits per heavy atom. The fourth-order valence-corrected chi connectivity index (χ4v) is 2.48. The molecule has 0 aliphatic carbocycles. The lowest BCUT2D eigenvalue weighted by Crippen LogP contribution is -2.08. The van der Waals surface area contributed by atoms with Gasteiger partial charge in [-0.25, -0.2) is 4.79 Å². The summed E-state index contributed by atoms with van der Waals surface area (Å²) in [7, 11) is 0. The van der Waals surface area contributed by atoms with Crippen molar-refractivity contribution < 1.29 is 14.3 Å². The van der Waals surface area contributed by atoms with E-state index in [-0.39, 0.29) is 5.97 Å². The second-order valence-electron chi connectivity index (χ2n) is 6.33. The molecule has 140 valence electrons. The number of esters is 1. The van der Waals surface area contributed by atoms with Gasteiger partial charge in [0.2, 0.25) is 0 Å². The highest BCUT2D eigenvalue weighted by Gasteiger charge is 2.06. The molecule has 0 aliphatic rings. The highest BCUT2D eigenvalue weighted by Crippen LogP contribution is 2.23. The average molecular weight is 363 g/mol. The van der Waals surface area contributed by atoms with Crippen LogP contribution in [-0.2, 0) is 9.53 Å². The van der Waals surface area contributed by atoms with Gasteiger partial charge in [0.1, 0.15) is 12.0 Å². The molecule has 0 N–H and O–H groups in total. The molecule has 0 radical (unpaired) electrons. The molecule has 0 bridgehead atoms. The van der Waals surface area contributed by atoms with E-state index in [1.165, 1.54) is 6.26 Å². The van der Waals surface area contributed by atoms with Crippen LogP contribution in [0.25, 0.3) is 11.1 Å². The average Bonchev–Trinajstić information content (AvgIpc) is 2.72. The molecule has 0 fully saturated rings. The van der Waals surface area contributed by atoms with Crippen LogP contribution in [0.3, 0.4) is 0 Å². The van der Waals surface area contributed by atoms with E-state index in [1.807, 2.05) is 36.4 Å². The van der Waals surface area contributed by atoms with Crippen LogP contribution >= 0.6 is 0 Å². The van der Waals surface area contributed by atoms with Crippen LogP contribution in [0.15, 0.2) is 60.4 Å². The summed E-state index contributed by atoms with van der Waals surface area (Å²) in [6.45, 7) is 4.27. The van der Waals surface area contributed by atoms with Crippen molar-refractivity contribution in [3.63, 3.8) is 0 Å². The summed E-state index contributed by atoms with van der Waals surface area (Å²) in [5.74, 6) is 0.295. The molecule has 2 rings (SSSR count). The minimum atomic E-state index is -0.347. The Morgan fingerprint density at radius 3 is 2.22 bits per heavy atom. The number of unbranched alkanes of at least 4 members (excludes halogenated alkanes) is 3. The summed E-state index contributed by atoms with van der Waals surface area (Å²) in [5, 5.41) is 8.86. The van der Waals surface area contributed by atoms with E-state index in [0.717, 1.165) is 36.8 Å². The number of hydrogen-bond acceptors (Lipinski definition) is 4. The Bertz CT molecular complexity index is 799. The molecule has 0 spiro atoms. The number of carbonyl (C=O) groups excluding carboxylic acids is 1. The third-order valence-corrected chi connectivity index (χ3v) is 4.13. The first-order valence-corrected chi connectivity index (χ1v) is 9.25. The van der Waals surface area contributed by atoms with Crippen molar-refractivity contribution in [2.45, 2.75) is 39.5 Å². The van der Waals surface area contributed by atoms with Crippen molar-refractivity contribution in [3.05, 3.63) is 65.9 Å². The van der Waals surface area contributed by atoms with Gasteiger partial charge >= 0.3 is 5.97 Å². The summed E-state index contributed by atoms with van der Waals surface area (Å²) in [4.78, 5) is 11.9. The van der Waals surface area contributed by atoms with Gasteiger partial charge in [0.15, 0.2) is 0 Å². The molecule has 4 nitrogen and oxygen atoms in total. The fourth-order valence-electron chi connectivity index (χ4n) is 2.48. The Morgan fingerprint density at radius 2 is 1.63 bits per heavy atom. The van der Waals surface area contributed by atoms with Crippen molar-refractivity contribution in [1.82, 2.24) is 0 Å². The molecule has 0 amide bonds. The molecular weight excluding hydrogens is 338 g/mol. The smallest absolute Gasteiger partial charge is 0.336 e. The number of ether oxygens (including phenoxy) is 2. The molecule has 0 unspecified atom stereocenters. The molecule has 0 saturated heterocycles. The van der Waals surface area contributed by atoms with Gasteiger partial charge in [0.05, 0.1) is 23.8 Å². The Labute approximate surface area is 161 Å². The monoisotopic (exact) mass is 363 g/mol. The number of nitrogens with zero attached hydrogens (tertiary/aromatic N) is 1. The zero-order chi connectivity index (χ0) is 19.5. The van der Waals surface area contributed by atoms with Gasteiger partial charge in [-0.1, -0.05) is 50.5 Å². The summed E-state index contributed by atoms with van der Waals surface area (Å²) in [6.07, 6.45) is 5.71. The van der Waals surface area contributed by atoms with Gasteiger partial charge in [-0.15, -0.1) is 0 Å². The predicted molar refractivity (Wildman–Crippen MR) is 106 cm³/mol. The normalized spacial score (nSPS) is 10.9. The maximum Gasteiger partial charge on any atom is 0.336 e. The van der Waals surface area contributed by atoms with Gasteiger partial charge in [0, 0.05) is 0 Å². The second-order valence-corrected chi connectivity index (χ2v) is 6.33. The zero-order valence-electron chi connectivity index (χ0n) is 15.9. The molecule has 0 aromatic heterocycles. The van der Waals surface area contributed by atoms with Gasteiger partial charge < -0.3 is 9.47 Å². The van der Waals surface area contributed by atoms with Gasteiger partial charge in [-0.05, 0) is 48.7 Å². The van der Waals surface area contributed by atoms with Gasteiger partial charge in [-0.2, -0.15) is 5.26 Å².